The Morgan fingerprint density at radius 1 is 1.50 bits per heavy atom. The topological polar surface area (TPSA) is 84.3 Å². The summed E-state index contributed by atoms with van der Waals surface area (Å²) in [4.78, 5) is 21.2. The molecule has 0 aliphatic carbocycles. The Balaban J connectivity index is 2.85. The van der Waals surface area contributed by atoms with Crippen molar-refractivity contribution in [1.29, 1.82) is 0 Å². The molecule has 0 aliphatic heterocycles. The minimum atomic E-state index is -0.444. The van der Waals surface area contributed by atoms with Crippen LogP contribution in [0.15, 0.2) is 18.2 Å². The van der Waals surface area contributed by atoms with Gasteiger partial charge in [-0.3, -0.25) is 14.9 Å². The molecule has 0 atom stereocenters. The predicted octanol–water partition coefficient (Wildman–Crippen LogP) is 1.06. The molecule has 0 heterocycles. The van der Waals surface area contributed by atoms with Crippen LogP contribution in [0, 0.1) is 17.0 Å². The van der Waals surface area contributed by atoms with Crippen molar-refractivity contribution in [2.24, 2.45) is 0 Å². The highest BCUT2D eigenvalue weighted by Crippen LogP contribution is 2.24. The zero-order chi connectivity index (χ0) is 12.1. The van der Waals surface area contributed by atoms with Crippen LogP contribution in [0.4, 0.5) is 11.4 Å². The first-order valence-electron chi connectivity index (χ1n) is 4.74. The summed E-state index contributed by atoms with van der Waals surface area (Å²) in [6.07, 6.45) is 0. The molecule has 16 heavy (non-hydrogen) atoms. The van der Waals surface area contributed by atoms with Gasteiger partial charge in [-0.25, -0.2) is 0 Å². The molecule has 1 aromatic rings. The van der Waals surface area contributed by atoms with E-state index in [0.29, 0.717) is 11.3 Å². The minimum absolute atomic E-state index is 0.0434. The van der Waals surface area contributed by atoms with E-state index in [-0.39, 0.29) is 18.1 Å². The van der Waals surface area contributed by atoms with Gasteiger partial charge in [0.25, 0.3) is 5.69 Å². The fourth-order valence-corrected chi connectivity index (χ4v) is 1.28. The third kappa shape index (κ3) is 2.69. The Bertz CT molecular complexity index is 418. The first-order valence-corrected chi connectivity index (χ1v) is 4.74. The third-order valence-corrected chi connectivity index (χ3v) is 2.22. The second-order valence-corrected chi connectivity index (χ2v) is 3.23. The molecule has 0 saturated heterocycles. The maximum Gasteiger partial charge on any atom is 0.274 e. The second-order valence-electron chi connectivity index (χ2n) is 3.23. The van der Waals surface area contributed by atoms with Crippen LogP contribution in [0.1, 0.15) is 5.56 Å². The molecule has 1 aromatic carbocycles. The van der Waals surface area contributed by atoms with Crippen molar-refractivity contribution in [2.45, 2.75) is 6.92 Å². The van der Waals surface area contributed by atoms with Crippen LogP contribution < -0.4 is 10.6 Å². The largest absolute Gasteiger partial charge is 0.376 e. The number of nitrogens with zero attached hydrogens (tertiary/aromatic N) is 1. The maximum absolute atomic E-state index is 11.0. The Labute approximate surface area is 92.8 Å². The highest BCUT2D eigenvalue weighted by molar-refractivity contribution is 5.80. The summed E-state index contributed by atoms with van der Waals surface area (Å²) in [5.41, 5.74) is 1.16. The maximum atomic E-state index is 11.0. The second kappa shape index (κ2) is 5.11. The highest BCUT2D eigenvalue weighted by atomic mass is 16.6. The van der Waals surface area contributed by atoms with Crippen LogP contribution in [-0.4, -0.2) is 24.4 Å². The van der Waals surface area contributed by atoms with Gasteiger partial charge in [0.05, 0.1) is 11.5 Å². The van der Waals surface area contributed by atoms with Gasteiger partial charge in [0, 0.05) is 24.4 Å². The first-order chi connectivity index (χ1) is 7.56. The molecule has 0 aromatic heterocycles. The predicted molar refractivity (Wildman–Crippen MR) is 60.4 cm³/mol. The number of hydrogen-bond donors (Lipinski definition) is 2. The fraction of sp³-hybridized carbons (Fsp3) is 0.300. The fourth-order valence-electron chi connectivity index (χ4n) is 1.28. The van der Waals surface area contributed by atoms with E-state index in [1.165, 1.54) is 13.1 Å². The molecule has 0 saturated carbocycles. The van der Waals surface area contributed by atoms with Crippen molar-refractivity contribution >= 4 is 17.3 Å². The lowest BCUT2D eigenvalue weighted by molar-refractivity contribution is -0.385. The Hall–Kier alpha value is -2.11. The van der Waals surface area contributed by atoms with E-state index in [2.05, 4.69) is 10.6 Å². The van der Waals surface area contributed by atoms with Gasteiger partial charge in [0.2, 0.25) is 5.91 Å². The van der Waals surface area contributed by atoms with Crippen molar-refractivity contribution in [2.75, 3.05) is 18.9 Å². The Morgan fingerprint density at radius 2 is 2.19 bits per heavy atom. The number of likely N-dealkylation sites (N-methyl/N-ethyl adjacent to an activating group) is 1. The van der Waals surface area contributed by atoms with Crippen molar-refractivity contribution in [1.82, 2.24) is 5.32 Å². The van der Waals surface area contributed by atoms with Gasteiger partial charge in [0.1, 0.15) is 0 Å². The SMILES string of the molecule is CNC(=O)CNc1cccc([N+](=O)[O-])c1C. The minimum Gasteiger partial charge on any atom is -0.376 e. The number of anilines is 1. The molecule has 0 unspecified atom stereocenters. The normalized spacial score (nSPS) is 9.62. The molecular weight excluding hydrogens is 210 g/mol. The summed E-state index contributed by atoms with van der Waals surface area (Å²) < 4.78 is 0. The number of nitrogens with one attached hydrogen (secondary N) is 2. The van der Waals surface area contributed by atoms with Gasteiger partial charge in [-0.2, -0.15) is 0 Å². The average molecular weight is 223 g/mol. The van der Waals surface area contributed by atoms with E-state index in [1.54, 1.807) is 19.1 Å². The summed E-state index contributed by atoms with van der Waals surface area (Å²) in [7, 11) is 1.53. The molecule has 0 fully saturated rings. The van der Waals surface area contributed by atoms with Crippen molar-refractivity contribution in [3.63, 3.8) is 0 Å². The standard InChI is InChI=1S/C10H13N3O3/c1-7-8(12-6-10(14)11-2)4-3-5-9(7)13(15)16/h3-5,12H,6H2,1-2H3,(H,11,14). The third-order valence-electron chi connectivity index (χ3n) is 2.22. The molecule has 1 rings (SSSR count). The zero-order valence-corrected chi connectivity index (χ0v) is 9.11. The molecule has 2 N–H and O–H groups in total. The van der Waals surface area contributed by atoms with Gasteiger partial charge in [-0.05, 0) is 13.0 Å². The molecule has 0 bridgehead atoms. The number of nitro groups is 1. The summed E-state index contributed by atoms with van der Waals surface area (Å²) in [6, 6.07) is 4.71. The number of carbonyl (C=O) groups excluding carboxylic acids is 1. The van der Waals surface area contributed by atoms with E-state index in [9.17, 15) is 14.9 Å². The highest BCUT2D eigenvalue weighted by Gasteiger charge is 2.13. The van der Waals surface area contributed by atoms with Gasteiger partial charge >= 0.3 is 0 Å². The van der Waals surface area contributed by atoms with Crippen LogP contribution >= 0.6 is 0 Å². The summed E-state index contributed by atoms with van der Waals surface area (Å²) in [5.74, 6) is -0.175. The lowest BCUT2D eigenvalue weighted by Gasteiger charge is -2.08. The lowest BCUT2D eigenvalue weighted by atomic mass is 10.1. The zero-order valence-electron chi connectivity index (χ0n) is 9.11. The van der Waals surface area contributed by atoms with E-state index in [1.807, 2.05) is 0 Å². The van der Waals surface area contributed by atoms with Crippen LogP contribution in [0.5, 0.6) is 0 Å². The number of amides is 1. The summed E-state index contributed by atoms with van der Waals surface area (Å²) in [6.45, 7) is 1.74. The average Bonchev–Trinajstić information content (AvgIpc) is 2.26. The van der Waals surface area contributed by atoms with Gasteiger partial charge in [-0.1, -0.05) is 6.07 Å². The van der Waals surface area contributed by atoms with Gasteiger partial charge in [-0.15, -0.1) is 0 Å². The number of nitro benzene ring substituents is 1. The number of carbonyl (C=O) groups is 1. The van der Waals surface area contributed by atoms with E-state index < -0.39 is 4.92 Å². The molecular formula is C10H13N3O3. The van der Waals surface area contributed by atoms with Crippen molar-refractivity contribution in [3.05, 3.63) is 33.9 Å². The molecule has 6 heteroatoms. The molecule has 0 aliphatic rings. The number of benzene rings is 1. The first kappa shape index (κ1) is 12.0. The van der Waals surface area contributed by atoms with Crippen LogP contribution in [0.2, 0.25) is 0 Å². The van der Waals surface area contributed by atoms with Gasteiger partial charge < -0.3 is 10.6 Å². The molecule has 86 valence electrons. The van der Waals surface area contributed by atoms with Gasteiger partial charge in [0.15, 0.2) is 0 Å². The van der Waals surface area contributed by atoms with E-state index in [4.69, 9.17) is 0 Å². The molecule has 0 radical (unpaired) electrons. The molecule has 6 nitrogen and oxygen atoms in total. The lowest BCUT2D eigenvalue weighted by Crippen LogP contribution is -2.26. The van der Waals surface area contributed by atoms with Crippen molar-refractivity contribution < 1.29 is 9.72 Å². The molecule has 0 spiro atoms. The van der Waals surface area contributed by atoms with Crippen molar-refractivity contribution in [3.8, 4) is 0 Å². The Morgan fingerprint density at radius 3 is 2.75 bits per heavy atom. The monoisotopic (exact) mass is 223 g/mol. The Kier molecular flexibility index (Phi) is 3.82. The molecule has 1 amide bonds. The quantitative estimate of drug-likeness (QED) is 0.590. The van der Waals surface area contributed by atoms with Crippen LogP contribution in [0.25, 0.3) is 0 Å². The van der Waals surface area contributed by atoms with E-state index >= 15 is 0 Å². The summed E-state index contributed by atoms with van der Waals surface area (Å²) >= 11 is 0. The number of hydrogen-bond acceptors (Lipinski definition) is 4. The van der Waals surface area contributed by atoms with Crippen LogP contribution in [-0.2, 0) is 4.79 Å². The van der Waals surface area contributed by atoms with Crippen LogP contribution in [0.3, 0.4) is 0 Å². The smallest absolute Gasteiger partial charge is 0.274 e. The summed E-state index contributed by atoms with van der Waals surface area (Å²) in [5, 5.41) is 16.0. The number of rotatable bonds is 4. The van der Waals surface area contributed by atoms with E-state index in [0.717, 1.165) is 0 Å².